The first-order chi connectivity index (χ1) is 9.85. The van der Waals surface area contributed by atoms with Gasteiger partial charge in [-0.3, -0.25) is 0 Å². The number of fused-ring (bicyclic) bond motifs is 1. The Morgan fingerprint density at radius 1 is 1.25 bits per heavy atom. The standard InChI is InChI=1S/C15H23NO3S/c1-17-13-8-12(9-14-15(13)19-11-18-14)10-16-6-4-3-5-7-20-2/h8-9,16H,3-7,10-11H2,1-2H3. The molecule has 20 heavy (non-hydrogen) atoms. The summed E-state index contributed by atoms with van der Waals surface area (Å²) in [6.45, 7) is 2.15. The molecule has 0 fully saturated rings. The Hall–Kier alpha value is -1.07. The maximum atomic E-state index is 5.42. The van der Waals surface area contributed by atoms with Crippen LogP contribution in [0, 0.1) is 0 Å². The SMILES string of the molecule is COc1cc(CNCCCCCSC)cc2c1OCO2. The summed E-state index contributed by atoms with van der Waals surface area (Å²) < 4.78 is 16.1. The maximum Gasteiger partial charge on any atom is 0.231 e. The Morgan fingerprint density at radius 3 is 2.95 bits per heavy atom. The van der Waals surface area contributed by atoms with Gasteiger partial charge in [0.25, 0.3) is 0 Å². The van der Waals surface area contributed by atoms with Crippen LogP contribution in [0.5, 0.6) is 17.2 Å². The second-order valence-corrected chi connectivity index (χ2v) is 5.75. The fraction of sp³-hybridized carbons (Fsp3) is 0.600. The van der Waals surface area contributed by atoms with Crippen LogP contribution in [-0.4, -0.2) is 32.5 Å². The molecule has 1 aromatic carbocycles. The number of hydrogen-bond acceptors (Lipinski definition) is 5. The summed E-state index contributed by atoms with van der Waals surface area (Å²) in [5.41, 5.74) is 1.16. The number of hydrogen-bond donors (Lipinski definition) is 1. The third-order valence-corrected chi connectivity index (χ3v) is 3.95. The highest BCUT2D eigenvalue weighted by Crippen LogP contribution is 2.41. The van der Waals surface area contributed by atoms with Gasteiger partial charge in [-0.2, -0.15) is 11.8 Å². The first-order valence-corrected chi connectivity index (χ1v) is 8.40. The number of nitrogens with one attached hydrogen (secondary N) is 1. The molecule has 0 spiro atoms. The molecule has 2 rings (SSSR count). The fourth-order valence-corrected chi connectivity index (χ4v) is 2.68. The number of thioether (sulfide) groups is 1. The minimum absolute atomic E-state index is 0.276. The summed E-state index contributed by atoms with van der Waals surface area (Å²) in [7, 11) is 1.65. The molecule has 0 unspecified atom stereocenters. The second kappa shape index (κ2) is 8.27. The minimum Gasteiger partial charge on any atom is -0.493 e. The van der Waals surface area contributed by atoms with E-state index in [1.807, 2.05) is 23.9 Å². The Bertz CT molecular complexity index is 426. The summed E-state index contributed by atoms with van der Waals surface area (Å²) in [4.78, 5) is 0. The van der Waals surface area contributed by atoms with Crippen LogP contribution in [0.1, 0.15) is 24.8 Å². The largest absolute Gasteiger partial charge is 0.493 e. The van der Waals surface area contributed by atoms with E-state index in [0.29, 0.717) is 5.75 Å². The van der Waals surface area contributed by atoms with Crippen LogP contribution in [0.15, 0.2) is 12.1 Å². The van der Waals surface area contributed by atoms with Gasteiger partial charge >= 0.3 is 0 Å². The van der Waals surface area contributed by atoms with E-state index in [1.165, 1.54) is 25.0 Å². The number of methoxy groups -OCH3 is 1. The molecule has 0 radical (unpaired) electrons. The van der Waals surface area contributed by atoms with Crippen molar-refractivity contribution in [2.24, 2.45) is 0 Å². The Labute approximate surface area is 125 Å². The van der Waals surface area contributed by atoms with Crippen molar-refractivity contribution in [1.29, 1.82) is 0 Å². The van der Waals surface area contributed by atoms with E-state index in [2.05, 4.69) is 11.6 Å². The second-order valence-electron chi connectivity index (χ2n) is 4.76. The van der Waals surface area contributed by atoms with Crippen LogP contribution >= 0.6 is 11.8 Å². The molecule has 0 atom stereocenters. The van der Waals surface area contributed by atoms with E-state index in [-0.39, 0.29) is 6.79 Å². The smallest absolute Gasteiger partial charge is 0.231 e. The molecular weight excluding hydrogens is 274 g/mol. The molecule has 1 heterocycles. The third-order valence-electron chi connectivity index (χ3n) is 3.25. The van der Waals surface area contributed by atoms with E-state index < -0.39 is 0 Å². The van der Waals surface area contributed by atoms with Gasteiger partial charge in [-0.05, 0) is 49.1 Å². The zero-order valence-electron chi connectivity index (χ0n) is 12.2. The number of rotatable bonds is 9. The fourth-order valence-electron chi connectivity index (χ4n) is 2.19. The van der Waals surface area contributed by atoms with E-state index >= 15 is 0 Å². The topological polar surface area (TPSA) is 39.7 Å². The van der Waals surface area contributed by atoms with Crippen molar-refractivity contribution in [2.45, 2.75) is 25.8 Å². The third kappa shape index (κ3) is 4.21. The molecule has 1 aliphatic rings. The zero-order chi connectivity index (χ0) is 14.2. The molecule has 0 bridgehead atoms. The molecule has 5 heteroatoms. The van der Waals surface area contributed by atoms with Gasteiger partial charge in [0.05, 0.1) is 7.11 Å². The average molecular weight is 297 g/mol. The maximum absolute atomic E-state index is 5.42. The number of ether oxygens (including phenoxy) is 3. The predicted octanol–water partition coefficient (Wildman–Crippen LogP) is 3.05. The lowest BCUT2D eigenvalue weighted by Gasteiger charge is -2.09. The summed E-state index contributed by atoms with van der Waals surface area (Å²) in [5.74, 6) is 3.51. The lowest BCUT2D eigenvalue weighted by molar-refractivity contribution is 0.171. The van der Waals surface area contributed by atoms with Crippen LogP contribution in [0.3, 0.4) is 0 Å². The molecular formula is C15H23NO3S. The van der Waals surface area contributed by atoms with Crippen molar-refractivity contribution in [3.8, 4) is 17.2 Å². The molecule has 0 aliphatic carbocycles. The van der Waals surface area contributed by atoms with E-state index in [4.69, 9.17) is 14.2 Å². The van der Waals surface area contributed by atoms with Crippen molar-refractivity contribution >= 4 is 11.8 Å². The van der Waals surface area contributed by atoms with E-state index in [9.17, 15) is 0 Å². The van der Waals surface area contributed by atoms with Crippen LogP contribution in [-0.2, 0) is 6.54 Å². The lowest BCUT2D eigenvalue weighted by Crippen LogP contribution is -2.14. The Kier molecular flexibility index (Phi) is 6.33. The quantitative estimate of drug-likeness (QED) is 0.709. The van der Waals surface area contributed by atoms with Crippen molar-refractivity contribution in [3.63, 3.8) is 0 Å². The first kappa shape index (κ1) is 15.3. The van der Waals surface area contributed by atoms with Crippen molar-refractivity contribution in [1.82, 2.24) is 5.32 Å². The molecule has 1 N–H and O–H groups in total. The average Bonchev–Trinajstić information content (AvgIpc) is 2.93. The van der Waals surface area contributed by atoms with E-state index in [0.717, 1.165) is 30.2 Å². The van der Waals surface area contributed by atoms with Crippen LogP contribution in [0.2, 0.25) is 0 Å². The van der Waals surface area contributed by atoms with Gasteiger partial charge in [0, 0.05) is 6.54 Å². The molecule has 0 amide bonds. The van der Waals surface area contributed by atoms with Crippen molar-refractivity contribution < 1.29 is 14.2 Å². The monoisotopic (exact) mass is 297 g/mol. The van der Waals surface area contributed by atoms with Gasteiger partial charge in [-0.1, -0.05) is 6.42 Å². The van der Waals surface area contributed by atoms with Gasteiger partial charge in [0.2, 0.25) is 12.5 Å². The predicted molar refractivity (Wildman–Crippen MR) is 83.1 cm³/mol. The van der Waals surface area contributed by atoms with Gasteiger partial charge < -0.3 is 19.5 Å². The number of benzene rings is 1. The molecule has 4 nitrogen and oxygen atoms in total. The van der Waals surface area contributed by atoms with Gasteiger partial charge in [0.1, 0.15) is 0 Å². The van der Waals surface area contributed by atoms with Gasteiger partial charge in [0.15, 0.2) is 11.5 Å². The molecule has 112 valence electrons. The zero-order valence-corrected chi connectivity index (χ0v) is 13.1. The highest BCUT2D eigenvalue weighted by atomic mass is 32.2. The normalized spacial score (nSPS) is 12.7. The molecule has 1 aliphatic heterocycles. The summed E-state index contributed by atoms with van der Waals surface area (Å²) in [6.07, 6.45) is 5.98. The Balaban J connectivity index is 1.76. The van der Waals surface area contributed by atoms with Crippen LogP contribution in [0.25, 0.3) is 0 Å². The van der Waals surface area contributed by atoms with Gasteiger partial charge in [-0.15, -0.1) is 0 Å². The first-order valence-electron chi connectivity index (χ1n) is 7.01. The number of unbranched alkanes of at least 4 members (excludes halogenated alkanes) is 2. The summed E-state index contributed by atoms with van der Waals surface area (Å²) >= 11 is 1.92. The highest BCUT2D eigenvalue weighted by molar-refractivity contribution is 7.98. The summed E-state index contributed by atoms with van der Waals surface area (Å²) in [6, 6.07) is 4.03. The van der Waals surface area contributed by atoms with Crippen molar-refractivity contribution in [3.05, 3.63) is 17.7 Å². The minimum atomic E-state index is 0.276. The van der Waals surface area contributed by atoms with Crippen LogP contribution < -0.4 is 19.5 Å². The van der Waals surface area contributed by atoms with Crippen LogP contribution in [0.4, 0.5) is 0 Å². The molecule has 0 saturated carbocycles. The summed E-state index contributed by atoms with van der Waals surface area (Å²) in [5, 5.41) is 3.46. The molecule has 1 aromatic rings. The molecule has 0 aromatic heterocycles. The Morgan fingerprint density at radius 2 is 2.15 bits per heavy atom. The van der Waals surface area contributed by atoms with Crippen molar-refractivity contribution in [2.75, 3.05) is 32.5 Å². The highest BCUT2D eigenvalue weighted by Gasteiger charge is 2.19. The van der Waals surface area contributed by atoms with E-state index in [1.54, 1.807) is 7.11 Å². The van der Waals surface area contributed by atoms with Gasteiger partial charge in [-0.25, -0.2) is 0 Å². The molecule has 0 saturated heterocycles. The lowest BCUT2D eigenvalue weighted by atomic mass is 10.1.